The second kappa shape index (κ2) is 5.32. The van der Waals surface area contributed by atoms with Crippen molar-refractivity contribution in [3.63, 3.8) is 0 Å². The summed E-state index contributed by atoms with van der Waals surface area (Å²) in [6.07, 6.45) is 1.01. The summed E-state index contributed by atoms with van der Waals surface area (Å²) < 4.78 is 0. The molecule has 1 aromatic carbocycles. The van der Waals surface area contributed by atoms with Crippen molar-refractivity contribution < 1.29 is 9.90 Å². The quantitative estimate of drug-likeness (QED) is 0.849. The van der Waals surface area contributed by atoms with Crippen molar-refractivity contribution in [2.45, 2.75) is 25.8 Å². The number of aliphatic carboxylic acids is 1. The van der Waals surface area contributed by atoms with Gasteiger partial charge in [0.2, 0.25) is 0 Å². The van der Waals surface area contributed by atoms with Crippen LogP contribution in [0.3, 0.4) is 0 Å². The van der Waals surface area contributed by atoms with Gasteiger partial charge in [0.25, 0.3) is 0 Å². The number of nitrogens with zero attached hydrogens (tertiary/aromatic N) is 1. The molecular formula is C14H19NO2. The van der Waals surface area contributed by atoms with Crippen molar-refractivity contribution in [3.05, 3.63) is 35.9 Å². The lowest BCUT2D eigenvalue weighted by Crippen LogP contribution is -2.48. The normalized spacial score (nSPS) is 24.3. The van der Waals surface area contributed by atoms with Gasteiger partial charge in [-0.3, -0.25) is 9.69 Å². The predicted octanol–water partition coefficient (Wildman–Crippen LogP) is 2.54. The molecule has 0 aromatic heterocycles. The Morgan fingerprint density at radius 1 is 1.41 bits per heavy atom. The van der Waals surface area contributed by atoms with E-state index in [4.69, 9.17) is 5.11 Å². The van der Waals surface area contributed by atoms with Gasteiger partial charge in [-0.2, -0.15) is 0 Å². The number of carboxylic acids is 1. The maximum absolute atomic E-state index is 10.5. The van der Waals surface area contributed by atoms with Gasteiger partial charge in [0.05, 0.1) is 0 Å². The molecule has 0 spiro atoms. The summed E-state index contributed by atoms with van der Waals surface area (Å²) in [4.78, 5) is 12.9. The molecule has 92 valence electrons. The summed E-state index contributed by atoms with van der Waals surface area (Å²) in [5, 5.41) is 8.63. The molecule has 0 radical (unpaired) electrons. The fraction of sp³-hybridized carbons (Fsp3) is 0.500. The van der Waals surface area contributed by atoms with Crippen LogP contribution in [0.4, 0.5) is 0 Å². The van der Waals surface area contributed by atoms with Crippen molar-refractivity contribution in [1.29, 1.82) is 0 Å². The minimum Gasteiger partial charge on any atom is -0.481 e. The fourth-order valence-corrected chi connectivity index (χ4v) is 2.66. The van der Waals surface area contributed by atoms with Gasteiger partial charge >= 0.3 is 5.97 Å². The van der Waals surface area contributed by atoms with E-state index in [2.05, 4.69) is 36.1 Å². The molecule has 1 heterocycles. The third-order valence-electron chi connectivity index (χ3n) is 3.43. The zero-order valence-corrected chi connectivity index (χ0v) is 10.2. The van der Waals surface area contributed by atoms with Crippen molar-refractivity contribution in [2.24, 2.45) is 5.92 Å². The van der Waals surface area contributed by atoms with Crippen molar-refractivity contribution in [1.82, 2.24) is 4.90 Å². The molecule has 17 heavy (non-hydrogen) atoms. The Hall–Kier alpha value is -1.35. The molecule has 1 fully saturated rings. The Labute approximate surface area is 102 Å². The number of rotatable bonds is 5. The molecule has 1 saturated heterocycles. The largest absolute Gasteiger partial charge is 0.481 e. The maximum atomic E-state index is 10.5. The van der Waals surface area contributed by atoms with Crippen LogP contribution in [-0.4, -0.2) is 29.1 Å². The predicted molar refractivity (Wildman–Crippen MR) is 66.8 cm³/mol. The highest BCUT2D eigenvalue weighted by atomic mass is 16.4. The first-order valence-corrected chi connectivity index (χ1v) is 6.19. The van der Waals surface area contributed by atoms with Gasteiger partial charge in [-0.1, -0.05) is 37.3 Å². The van der Waals surface area contributed by atoms with Crippen molar-refractivity contribution in [2.75, 3.05) is 13.1 Å². The number of hydrogen-bond donors (Lipinski definition) is 1. The van der Waals surface area contributed by atoms with Crippen LogP contribution in [0.5, 0.6) is 0 Å². The molecule has 0 aliphatic carbocycles. The lowest BCUT2D eigenvalue weighted by Gasteiger charge is -2.47. The summed E-state index contributed by atoms with van der Waals surface area (Å²) in [5.41, 5.74) is 1.35. The average molecular weight is 233 g/mol. The summed E-state index contributed by atoms with van der Waals surface area (Å²) in [6, 6.07) is 11.0. The first-order valence-electron chi connectivity index (χ1n) is 6.19. The molecule has 0 saturated carbocycles. The van der Waals surface area contributed by atoms with Gasteiger partial charge in [-0.25, -0.2) is 0 Å². The Bertz CT molecular complexity index is 377. The van der Waals surface area contributed by atoms with Gasteiger partial charge in [0, 0.05) is 19.0 Å². The number of hydrogen-bond acceptors (Lipinski definition) is 2. The lowest BCUT2D eigenvalue weighted by molar-refractivity contribution is -0.137. The molecule has 2 rings (SSSR count). The molecule has 2 atom stereocenters. The fourth-order valence-electron chi connectivity index (χ4n) is 2.66. The zero-order valence-electron chi connectivity index (χ0n) is 10.2. The molecule has 3 nitrogen and oxygen atoms in total. The third-order valence-corrected chi connectivity index (χ3v) is 3.43. The van der Waals surface area contributed by atoms with E-state index in [1.165, 1.54) is 5.56 Å². The van der Waals surface area contributed by atoms with Crippen LogP contribution in [0.1, 0.15) is 31.4 Å². The standard InChI is InChI=1S/C14H19NO2/c1-11-10-15(9-5-8-13(16)17)14(11)12-6-3-2-4-7-12/h2-4,6-7,11,14H,5,8-10H2,1H3,(H,16,17)/t11-,14-/m1/s1. The van der Waals surface area contributed by atoms with Gasteiger partial charge in [0.15, 0.2) is 0 Å². The number of benzene rings is 1. The van der Waals surface area contributed by atoms with Gasteiger partial charge in [-0.15, -0.1) is 0 Å². The maximum Gasteiger partial charge on any atom is 0.303 e. The monoisotopic (exact) mass is 233 g/mol. The highest BCUT2D eigenvalue weighted by Gasteiger charge is 2.35. The molecule has 3 heteroatoms. The van der Waals surface area contributed by atoms with Crippen LogP contribution in [0, 0.1) is 5.92 Å². The van der Waals surface area contributed by atoms with Crippen LogP contribution in [-0.2, 0) is 4.79 Å². The van der Waals surface area contributed by atoms with Gasteiger partial charge in [-0.05, 0) is 24.4 Å². The second-order valence-electron chi connectivity index (χ2n) is 4.83. The Morgan fingerprint density at radius 3 is 2.71 bits per heavy atom. The van der Waals surface area contributed by atoms with E-state index in [0.29, 0.717) is 12.0 Å². The molecule has 1 aromatic rings. The topological polar surface area (TPSA) is 40.5 Å². The molecular weight excluding hydrogens is 214 g/mol. The molecule has 0 amide bonds. The number of carbonyl (C=O) groups is 1. The molecule has 0 bridgehead atoms. The van der Waals surface area contributed by atoms with Crippen LogP contribution < -0.4 is 0 Å². The summed E-state index contributed by atoms with van der Waals surface area (Å²) in [6.45, 7) is 4.22. The van der Waals surface area contributed by atoms with Gasteiger partial charge in [0.1, 0.15) is 0 Å². The number of likely N-dealkylation sites (tertiary alicyclic amines) is 1. The SMILES string of the molecule is C[C@@H]1CN(CCCC(=O)O)[C@H]1c1ccccc1. The van der Waals surface area contributed by atoms with Crippen molar-refractivity contribution in [3.8, 4) is 0 Å². The van der Waals surface area contributed by atoms with Crippen molar-refractivity contribution >= 4 is 5.97 Å². The Morgan fingerprint density at radius 2 is 2.12 bits per heavy atom. The summed E-state index contributed by atoms with van der Waals surface area (Å²) in [5.74, 6) is -0.0305. The first kappa shape index (κ1) is 12.1. The van der Waals surface area contributed by atoms with Crippen LogP contribution >= 0.6 is 0 Å². The van der Waals surface area contributed by atoms with E-state index in [9.17, 15) is 4.79 Å². The summed E-state index contributed by atoms with van der Waals surface area (Å²) >= 11 is 0. The smallest absolute Gasteiger partial charge is 0.303 e. The van der Waals surface area contributed by atoms with E-state index < -0.39 is 5.97 Å². The molecule has 0 unspecified atom stereocenters. The summed E-state index contributed by atoms with van der Waals surface area (Å²) in [7, 11) is 0. The molecule has 1 aliphatic heterocycles. The van der Waals surface area contributed by atoms with E-state index in [1.807, 2.05) is 6.07 Å². The lowest BCUT2D eigenvalue weighted by atomic mass is 9.84. The zero-order chi connectivity index (χ0) is 12.3. The minimum absolute atomic E-state index is 0.270. The number of carboxylic acid groups (broad SMARTS) is 1. The van der Waals surface area contributed by atoms with Crippen LogP contribution in [0.25, 0.3) is 0 Å². The van der Waals surface area contributed by atoms with E-state index in [0.717, 1.165) is 19.5 Å². The minimum atomic E-state index is -0.699. The van der Waals surface area contributed by atoms with E-state index >= 15 is 0 Å². The Kier molecular flexibility index (Phi) is 3.79. The highest BCUT2D eigenvalue weighted by Crippen LogP contribution is 2.38. The van der Waals surface area contributed by atoms with Crippen LogP contribution in [0.15, 0.2) is 30.3 Å². The first-order chi connectivity index (χ1) is 8.18. The van der Waals surface area contributed by atoms with E-state index in [-0.39, 0.29) is 6.42 Å². The van der Waals surface area contributed by atoms with Gasteiger partial charge < -0.3 is 5.11 Å². The highest BCUT2D eigenvalue weighted by molar-refractivity contribution is 5.66. The second-order valence-corrected chi connectivity index (χ2v) is 4.83. The third kappa shape index (κ3) is 2.86. The van der Waals surface area contributed by atoms with Crippen LogP contribution in [0.2, 0.25) is 0 Å². The Balaban J connectivity index is 1.90. The average Bonchev–Trinajstić information content (AvgIpc) is 2.28. The van der Waals surface area contributed by atoms with E-state index in [1.54, 1.807) is 0 Å². The molecule has 1 aliphatic rings. The molecule has 1 N–H and O–H groups in total.